The van der Waals surface area contributed by atoms with Gasteiger partial charge in [0.15, 0.2) is 59.1 Å². The standard InChI is InChI=1S/C42H46O20/c1-54-28-16-22(4-10-25(28)46)7-13-33(49)58-38-31(19-43)57-41(37(53)36(38)52)62-42(21-45)40(60-35(51)15-9-24-6-12-27(48)30(18-24)56-3)39(32(20-44)61-42)59-34(50)14-8-23-5-11-26(47)29(17-23)55-2/h4-18,31-32,36-41,43-48,52-53H,19-21H2,1-3H3/b13-7+,14-8+,15-9+/t31-,32-,36-,37-,38-,39-,40+,41-,42+/m1/s1. The highest BCUT2D eigenvalue weighted by Crippen LogP contribution is 2.40. The van der Waals surface area contributed by atoms with E-state index in [2.05, 4.69) is 0 Å². The molecule has 0 bridgehead atoms. The minimum absolute atomic E-state index is 0.0898. The summed E-state index contributed by atoms with van der Waals surface area (Å²) < 4.78 is 49.3. The molecule has 5 rings (SSSR count). The Morgan fingerprint density at radius 2 is 1.03 bits per heavy atom. The Bertz CT molecular complexity index is 2130. The van der Waals surface area contributed by atoms with Crippen LogP contribution in [0.15, 0.2) is 72.8 Å². The first-order valence-corrected chi connectivity index (χ1v) is 18.7. The van der Waals surface area contributed by atoms with E-state index in [-0.39, 0.29) is 34.5 Å². The van der Waals surface area contributed by atoms with Crippen LogP contribution in [0.25, 0.3) is 18.2 Å². The first-order chi connectivity index (χ1) is 29.7. The monoisotopic (exact) mass is 870 g/mol. The fraction of sp³-hybridized carbons (Fsp3) is 0.357. The van der Waals surface area contributed by atoms with Crippen molar-refractivity contribution in [1.82, 2.24) is 0 Å². The van der Waals surface area contributed by atoms with Crippen LogP contribution in [-0.4, -0.2) is 155 Å². The zero-order chi connectivity index (χ0) is 45.1. The van der Waals surface area contributed by atoms with Crippen LogP contribution in [0.5, 0.6) is 34.5 Å². The number of hydrogen-bond donors (Lipinski definition) is 8. The summed E-state index contributed by atoms with van der Waals surface area (Å²) >= 11 is 0. The van der Waals surface area contributed by atoms with Crippen LogP contribution in [0.3, 0.4) is 0 Å². The van der Waals surface area contributed by atoms with Crippen molar-refractivity contribution in [3.05, 3.63) is 89.5 Å². The third-order valence-electron chi connectivity index (χ3n) is 9.58. The number of phenols is 3. The first-order valence-electron chi connectivity index (χ1n) is 18.7. The van der Waals surface area contributed by atoms with Gasteiger partial charge in [-0.3, -0.25) is 0 Å². The van der Waals surface area contributed by atoms with Gasteiger partial charge < -0.3 is 83.5 Å². The SMILES string of the molecule is COc1cc(/C=C/C(=O)O[C@@H]2[C@@H](CO)O[C@@](CO)(O[C@H]3O[C@H](CO)[C@@H](OC(=O)/C=C/c4ccc(O)c(OC)c4)[C@H](O)[C@H]3O)[C@H]2OC(=O)/C=C/c2ccc(O)c(OC)c2)ccc1O. The van der Waals surface area contributed by atoms with E-state index in [9.17, 15) is 55.2 Å². The van der Waals surface area contributed by atoms with E-state index in [1.54, 1.807) is 0 Å². The van der Waals surface area contributed by atoms with Crippen molar-refractivity contribution in [2.45, 2.75) is 54.8 Å². The summed E-state index contributed by atoms with van der Waals surface area (Å²) in [6, 6.07) is 12.6. The number of aliphatic hydroxyl groups is 5. The van der Waals surface area contributed by atoms with Crippen molar-refractivity contribution in [2.75, 3.05) is 41.2 Å². The normalized spacial score (nSPS) is 26.1. The van der Waals surface area contributed by atoms with E-state index in [1.165, 1.54) is 94.2 Å². The molecule has 0 unspecified atom stereocenters. The fourth-order valence-corrected chi connectivity index (χ4v) is 6.42. The summed E-state index contributed by atoms with van der Waals surface area (Å²) in [6.45, 7) is -3.07. The first kappa shape index (κ1) is 46.8. The van der Waals surface area contributed by atoms with Gasteiger partial charge in [0.2, 0.25) is 5.79 Å². The van der Waals surface area contributed by atoms with Crippen LogP contribution in [0.2, 0.25) is 0 Å². The highest BCUT2D eigenvalue weighted by atomic mass is 16.8. The average Bonchev–Trinajstić information content (AvgIpc) is 3.55. The lowest BCUT2D eigenvalue weighted by Gasteiger charge is -2.44. The summed E-state index contributed by atoms with van der Waals surface area (Å²) in [4.78, 5) is 39.5. The third-order valence-corrected chi connectivity index (χ3v) is 9.58. The van der Waals surface area contributed by atoms with Crippen LogP contribution in [-0.2, 0) is 42.8 Å². The molecule has 2 heterocycles. The smallest absolute Gasteiger partial charge is 0.331 e. The third kappa shape index (κ3) is 11.0. The molecule has 0 aliphatic carbocycles. The molecule has 2 fully saturated rings. The number of aromatic hydroxyl groups is 3. The van der Waals surface area contributed by atoms with E-state index in [4.69, 9.17) is 42.6 Å². The minimum atomic E-state index is -2.62. The van der Waals surface area contributed by atoms with Gasteiger partial charge in [-0.15, -0.1) is 0 Å². The summed E-state index contributed by atoms with van der Waals surface area (Å²) in [6.07, 6.45) is -8.00. The molecule has 334 valence electrons. The molecule has 3 aromatic carbocycles. The van der Waals surface area contributed by atoms with Crippen molar-refractivity contribution in [3.63, 3.8) is 0 Å². The van der Waals surface area contributed by atoms with Gasteiger partial charge in [0.1, 0.15) is 31.0 Å². The van der Waals surface area contributed by atoms with E-state index in [1.807, 2.05) is 0 Å². The summed E-state index contributed by atoms with van der Waals surface area (Å²) in [5, 5.41) is 83.5. The van der Waals surface area contributed by atoms with Gasteiger partial charge in [0.05, 0.1) is 34.5 Å². The van der Waals surface area contributed by atoms with Crippen LogP contribution in [0.4, 0.5) is 0 Å². The molecule has 0 spiro atoms. The maximum Gasteiger partial charge on any atom is 0.331 e. The minimum Gasteiger partial charge on any atom is -0.504 e. The zero-order valence-corrected chi connectivity index (χ0v) is 33.4. The zero-order valence-electron chi connectivity index (χ0n) is 33.4. The maximum absolute atomic E-state index is 13.4. The summed E-state index contributed by atoms with van der Waals surface area (Å²) in [7, 11) is 3.98. The van der Waals surface area contributed by atoms with Gasteiger partial charge >= 0.3 is 17.9 Å². The Hall–Kier alpha value is -6.23. The number of carbonyl (C=O) groups is 3. The molecule has 0 aromatic heterocycles. The lowest BCUT2D eigenvalue weighted by atomic mass is 9.98. The number of phenolic OH excluding ortho intramolecular Hbond substituents is 3. The van der Waals surface area contributed by atoms with Gasteiger partial charge in [-0.2, -0.15) is 0 Å². The molecule has 2 saturated heterocycles. The predicted octanol–water partition coefficient (Wildman–Crippen LogP) is 0.540. The van der Waals surface area contributed by atoms with Gasteiger partial charge in [-0.25, -0.2) is 14.4 Å². The molecule has 20 nitrogen and oxygen atoms in total. The number of carbonyl (C=O) groups excluding carboxylic acids is 3. The molecular weight excluding hydrogens is 824 g/mol. The number of ether oxygens (including phenoxy) is 9. The van der Waals surface area contributed by atoms with Crippen LogP contribution < -0.4 is 14.2 Å². The maximum atomic E-state index is 13.4. The van der Waals surface area contributed by atoms with Crippen molar-refractivity contribution in [2.24, 2.45) is 0 Å². The Morgan fingerprint density at radius 1 is 0.613 bits per heavy atom. The van der Waals surface area contributed by atoms with Crippen LogP contribution in [0, 0.1) is 0 Å². The molecule has 2 aliphatic rings. The Kier molecular flexibility index (Phi) is 15.9. The van der Waals surface area contributed by atoms with Crippen molar-refractivity contribution in [1.29, 1.82) is 0 Å². The molecule has 20 heteroatoms. The lowest BCUT2D eigenvalue weighted by molar-refractivity contribution is -0.383. The fourth-order valence-electron chi connectivity index (χ4n) is 6.42. The number of hydrogen-bond acceptors (Lipinski definition) is 20. The number of aliphatic hydroxyl groups excluding tert-OH is 5. The van der Waals surface area contributed by atoms with Crippen LogP contribution in [0.1, 0.15) is 16.7 Å². The molecule has 0 radical (unpaired) electrons. The molecule has 8 N–H and O–H groups in total. The molecule has 0 amide bonds. The molecule has 0 saturated carbocycles. The molecule has 2 aliphatic heterocycles. The molecular formula is C42H46O20. The second kappa shape index (κ2) is 21.0. The van der Waals surface area contributed by atoms with Crippen molar-refractivity contribution >= 4 is 36.1 Å². The predicted molar refractivity (Wildman–Crippen MR) is 211 cm³/mol. The lowest BCUT2D eigenvalue weighted by Crippen LogP contribution is -2.63. The van der Waals surface area contributed by atoms with E-state index >= 15 is 0 Å². The number of esters is 3. The highest BCUT2D eigenvalue weighted by molar-refractivity contribution is 5.89. The number of rotatable bonds is 17. The highest BCUT2D eigenvalue weighted by Gasteiger charge is 2.63. The van der Waals surface area contributed by atoms with Crippen molar-refractivity contribution in [3.8, 4) is 34.5 Å². The topological polar surface area (TPSA) is 296 Å². The Labute approximate surface area is 353 Å². The molecule has 3 aromatic rings. The second-order valence-corrected chi connectivity index (χ2v) is 13.6. The quantitative estimate of drug-likeness (QED) is 0.0522. The summed E-state index contributed by atoms with van der Waals surface area (Å²) in [5.41, 5.74) is 1.18. The van der Waals surface area contributed by atoms with Crippen molar-refractivity contribution < 1.29 is 97.9 Å². The Morgan fingerprint density at radius 3 is 1.44 bits per heavy atom. The van der Waals surface area contributed by atoms with Gasteiger partial charge in [-0.05, 0) is 71.3 Å². The summed E-state index contributed by atoms with van der Waals surface area (Å²) in [5.74, 6) is -6.03. The van der Waals surface area contributed by atoms with E-state index < -0.39 is 92.5 Å². The largest absolute Gasteiger partial charge is 0.504 e. The number of methoxy groups -OCH3 is 3. The van der Waals surface area contributed by atoms with Gasteiger partial charge in [0.25, 0.3) is 0 Å². The molecule has 9 atom stereocenters. The van der Waals surface area contributed by atoms with Gasteiger partial charge in [-0.1, -0.05) is 18.2 Å². The molecule has 62 heavy (non-hydrogen) atoms. The second-order valence-electron chi connectivity index (χ2n) is 13.6. The van der Waals surface area contributed by atoms with E-state index in [0.717, 1.165) is 18.2 Å². The average molecular weight is 871 g/mol. The van der Waals surface area contributed by atoms with Crippen LogP contribution >= 0.6 is 0 Å². The van der Waals surface area contributed by atoms with Gasteiger partial charge in [0, 0.05) is 18.2 Å². The van der Waals surface area contributed by atoms with E-state index in [0.29, 0.717) is 16.7 Å². The number of benzene rings is 3. The Balaban J connectivity index is 1.40.